The minimum atomic E-state index is 0.503. The molecule has 0 N–H and O–H groups in total. The van der Waals surface area contributed by atoms with E-state index in [1.165, 1.54) is 12.8 Å². The summed E-state index contributed by atoms with van der Waals surface area (Å²) in [7, 11) is 0. The van der Waals surface area contributed by atoms with E-state index in [-0.39, 0.29) is 0 Å². The third-order valence-electron chi connectivity index (χ3n) is 1.08. The highest BCUT2D eigenvalue weighted by atomic mass is 32.1. The van der Waals surface area contributed by atoms with Crippen molar-refractivity contribution >= 4 is 12.6 Å². The Balaban J connectivity index is 3.11. The van der Waals surface area contributed by atoms with E-state index >= 15 is 0 Å². The van der Waals surface area contributed by atoms with Crippen molar-refractivity contribution < 1.29 is 0 Å². The molecule has 0 bridgehead atoms. The van der Waals surface area contributed by atoms with E-state index in [2.05, 4.69) is 33.4 Å². The maximum Gasteiger partial charge on any atom is -0.00977 e. The molecule has 0 fully saturated rings. The molecule has 1 heteroatoms. The first kappa shape index (κ1) is 8.35. The maximum absolute atomic E-state index is 4.13. The quantitative estimate of drug-likeness (QED) is 0.549. The van der Waals surface area contributed by atoms with Gasteiger partial charge in [-0.05, 0) is 24.0 Å². The van der Waals surface area contributed by atoms with Crippen LogP contribution in [0.5, 0.6) is 0 Å². The molecule has 0 amide bonds. The molecule has 0 aliphatic rings. The minimum absolute atomic E-state index is 0.503. The van der Waals surface area contributed by atoms with Crippen LogP contribution in [-0.4, -0.2) is 5.75 Å². The van der Waals surface area contributed by atoms with Gasteiger partial charge in [0, 0.05) is 0 Å². The molecule has 0 aromatic carbocycles. The van der Waals surface area contributed by atoms with E-state index in [4.69, 9.17) is 0 Å². The highest BCUT2D eigenvalue weighted by Gasteiger charge is 2.07. The average Bonchev–Trinajstić information content (AvgIpc) is 1.59. The molecule has 0 unspecified atom stereocenters. The molecule has 8 heavy (non-hydrogen) atoms. The summed E-state index contributed by atoms with van der Waals surface area (Å²) >= 11 is 4.13. The van der Waals surface area contributed by atoms with Gasteiger partial charge in [0.05, 0.1) is 0 Å². The Labute approximate surface area is 58.1 Å². The van der Waals surface area contributed by atoms with Crippen LogP contribution in [0.25, 0.3) is 0 Å². The molecule has 0 aliphatic carbocycles. The summed E-state index contributed by atoms with van der Waals surface area (Å²) in [4.78, 5) is 0. The third kappa shape index (κ3) is 6.35. The molecule has 0 aromatic rings. The van der Waals surface area contributed by atoms with E-state index in [1.807, 2.05) is 0 Å². The van der Waals surface area contributed by atoms with Crippen LogP contribution in [0.2, 0.25) is 0 Å². The molecular weight excluding hydrogens is 116 g/mol. The number of hydrogen-bond acceptors (Lipinski definition) is 1. The van der Waals surface area contributed by atoms with E-state index in [1.54, 1.807) is 0 Å². The molecule has 0 saturated heterocycles. The normalized spacial score (nSPS) is 12.0. The number of hydrogen-bond donors (Lipinski definition) is 1. The minimum Gasteiger partial charge on any atom is -0.179 e. The van der Waals surface area contributed by atoms with Crippen molar-refractivity contribution in [2.75, 3.05) is 5.75 Å². The average molecular weight is 132 g/mol. The number of rotatable bonds is 2. The van der Waals surface area contributed by atoms with Crippen LogP contribution in [0.3, 0.4) is 0 Å². The van der Waals surface area contributed by atoms with Crippen LogP contribution in [0.4, 0.5) is 0 Å². The van der Waals surface area contributed by atoms with Crippen LogP contribution in [0, 0.1) is 5.41 Å². The predicted octanol–water partition coefficient (Wildman–Crippen LogP) is 2.74. The molecule has 0 atom stereocenters. The summed E-state index contributed by atoms with van der Waals surface area (Å²) in [5, 5.41) is 0. The van der Waals surface area contributed by atoms with Crippen molar-refractivity contribution in [2.45, 2.75) is 33.6 Å². The lowest BCUT2D eigenvalue weighted by molar-refractivity contribution is 0.375. The van der Waals surface area contributed by atoms with E-state index in [0.717, 1.165) is 5.75 Å². The van der Waals surface area contributed by atoms with Gasteiger partial charge in [-0.15, -0.1) is 0 Å². The Morgan fingerprint density at radius 2 is 1.75 bits per heavy atom. The zero-order valence-corrected chi connectivity index (χ0v) is 6.96. The van der Waals surface area contributed by atoms with Crippen molar-refractivity contribution in [3.8, 4) is 0 Å². The van der Waals surface area contributed by atoms with Gasteiger partial charge < -0.3 is 0 Å². The Morgan fingerprint density at radius 3 is 1.88 bits per heavy atom. The second kappa shape index (κ2) is 3.39. The van der Waals surface area contributed by atoms with Crippen LogP contribution >= 0.6 is 12.6 Å². The fourth-order valence-corrected chi connectivity index (χ4v) is 0.768. The van der Waals surface area contributed by atoms with Gasteiger partial charge in [-0.2, -0.15) is 12.6 Å². The first-order valence-electron chi connectivity index (χ1n) is 3.17. The number of thiol groups is 1. The lowest BCUT2D eigenvalue weighted by Crippen LogP contribution is -2.04. The predicted molar refractivity (Wildman–Crippen MR) is 42.5 cm³/mol. The smallest absolute Gasteiger partial charge is 0.00977 e. The first-order chi connectivity index (χ1) is 3.56. The fraction of sp³-hybridized carbons (Fsp3) is 1.00. The summed E-state index contributed by atoms with van der Waals surface area (Å²) in [6.45, 7) is 6.78. The van der Waals surface area contributed by atoms with Crippen LogP contribution in [0.15, 0.2) is 0 Å². The van der Waals surface area contributed by atoms with Gasteiger partial charge in [0.1, 0.15) is 0 Å². The molecule has 0 rings (SSSR count). The van der Waals surface area contributed by atoms with Gasteiger partial charge in [0.2, 0.25) is 0 Å². The summed E-state index contributed by atoms with van der Waals surface area (Å²) < 4.78 is 0. The van der Waals surface area contributed by atoms with Crippen molar-refractivity contribution in [1.29, 1.82) is 0 Å². The molecule has 0 heterocycles. The lowest BCUT2D eigenvalue weighted by Gasteiger charge is -2.16. The van der Waals surface area contributed by atoms with E-state index in [9.17, 15) is 0 Å². The highest BCUT2D eigenvalue weighted by molar-refractivity contribution is 7.80. The molecule has 0 spiro atoms. The Hall–Kier alpha value is 0.350. The van der Waals surface area contributed by atoms with Gasteiger partial charge in [0.15, 0.2) is 0 Å². The largest absolute Gasteiger partial charge is 0.179 e. The van der Waals surface area contributed by atoms with Gasteiger partial charge in [-0.3, -0.25) is 0 Å². The molecule has 0 aliphatic heterocycles. The summed E-state index contributed by atoms with van der Waals surface area (Å²) in [5.74, 6) is 1.03. The Bertz CT molecular complexity index is 51.9. The van der Waals surface area contributed by atoms with Crippen LogP contribution < -0.4 is 0 Å². The van der Waals surface area contributed by atoms with Crippen LogP contribution in [-0.2, 0) is 0 Å². The molecule has 0 radical (unpaired) electrons. The van der Waals surface area contributed by atoms with E-state index < -0.39 is 0 Å². The summed E-state index contributed by atoms with van der Waals surface area (Å²) in [5.41, 5.74) is 0.503. The third-order valence-corrected chi connectivity index (χ3v) is 1.40. The Kier molecular flexibility index (Phi) is 3.54. The van der Waals surface area contributed by atoms with Crippen molar-refractivity contribution in [3.05, 3.63) is 0 Å². The molecule has 0 saturated carbocycles. The summed E-state index contributed by atoms with van der Waals surface area (Å²) in [6.07, 6.45) is 2.53. The van der Waals surface area contributed by atoms with Crippen LogP contribution in [0.1, 0.15) is 33.6 Å². The Morgan fingerprint density at radius 1 is 1.25 bits per heavy atom. The zero-order valence-electron chi connectivity index (χ0n) is 6.07. The molecular formula is C7H16S. The van der Waals surface area contributed by atoms with Gasteiger partial charge in [-0.25, -0.2) is 0 Å². The zero-order chi connectivity index (χ0) is 6.62. The lowest BCUT2D eigenvalue weighted by atomic mass is 9.91. The van der Waals surface area contributed by atoms with Crippen molar-refractivity contribution in [2.24, 2.45) is 5.41 Å². The topological polar surface area (TPSA) is 0 Å². The highest BCUT2D eigenvalue weighted by Crippen LogP contribution is 2.20. The summed E-state index contributed by atoms with van der Waals surface area (Å²) in [6, 6.07) is 0. The van der Waals surface area contributed by atoms with Crippen molar-refractivity contribution in [3.63, 3.8) is 0 Å². The molecule has 0 nitrogen and oxygen atoms in total. The fourth-order valence-electron chi connectivity index (χ4n) is 0.609. The van der Waals surface area contributed by atoms with Gasteiger partial charge in [-0.1, -0.05) is 20.8 Å². The standard InChI is InChI=1S/C7H16S/c1-7(2,3)5-4-6-8/h8H,4-6H2,1-3H3. The molecule has 50 valence electrons. The molecule has 0 aromatic heterocycles. The first-order valence-corrected chi connectivity index (χ1v) is 3.80. The second-order valence-corrected chi connectivity index (χ2v) is 3.84. The van der Waals surface area contributed by atoms with Gasteiger partial charge in [0.25, 0.3) is 0 Å². The van der Waals surface area contributed by atoms with Crippen molar-refractivity contribution in [1.82, 2.24) is 0 Å². The van der Waals surface area contributed by atoms with Gasteiger partial charge >= 0.3 is 0 Å². The monoisotopic (exact) mass is 132 g/mol. The SMILES string of the molecule is CC(C)(C)CCCS. The van der Waals surface area contributed by atoms with E-state index in [0.29, 0.717) is 5.41 Å². The second-order valence-electron chi connectivity index (χ2n) is 3.39. The maximum atomic E-state index is 4.13.